The highest BCUT2D eigenvalue weighted by Crippen LogP contribution is 2.38. The number of fused-ring (bicyclic) bond motifs is 1. The van der Waals surface area contributed by atoms with Crippen LogP contribution in [0.2, 0.25) is 5.02 Å². The first-order valence-corrected chi connectivity index (χ1v) is 6.12. The molecule has 1 unspecified atom stereocenters. The Morgan fingerprint density at radius 2 is 2.22 bits per heavy atom. The van der Waals surface area contributed by atoms with Gasteiger partial charge in [0.2, 0.25) is 5.78 Å². The third-order valence-corrected chi connectivity index (χ3v) is 3.43. The minimum absolute atomic E-state index is 0.480. The van der Waals surface area contributed by atoms with Crippen LogP contribution >= 0.6 is 11.6 Å². The highest BCUT2D eigenvalue weighted by molar-refractivity contribution is 6.36. The molecule has 0 saturated heterocycles. The number of carbonyl (C=O) groups excluding carboxylic acids is 2. The van der Waals surface area contributed by atoms with E-state index in [4.69, 9.17) is 11.6 Å². The summed E-state index contributed by atoms with van der Waals surface area (Å²) in [5, 5.41) is 0.564. The normalized spacial score (nSPS) is 17.5. The van der Waals surface area contributed by atoms with Crippen LogP contribution in [0.1, 0.15) is 18.4 Å². The largest absolute Gasteiger partial charge is 0.463 e. The number of benzene rings is 1. The van der Waals surface area contributed by atoms with Gasteiger partial charge in [-0.3, -0.25) is 4.79 Å². The number of Topliss-reactive ketones (excluding diaryl/α,β-unsaturated/α-hetero) is 1. The number of likely N-dealkylation sites (N-methyl/N-ethyl adjacent to an activating group) is 1. The molecule has 1 aromatic rings. The van der Waals surface area contributed by atoms with E-state index < -0.39 is 17.7 Å². The number of methoxy groups -OCH3 is 1. The van der Waals surface area contributed by atoms with Gasteiger partial charge >= 0.3 is 5.97 Å². The predicted molar refractivity (Wildman–Crippen MR) is 69.1 cm³/mol. The van der Waals surface area contributed by atoms with E-state index in [0.717, 1.165) is 17.8 Å². The number of anilines is 1. The Bertz CT molecular complexity index is 501. The van der Waals surface area contributed by atoms with Gasteiger partial charge in [-0.25, -0.2) is 4.79 Å². The zero-order valence-corrected chi connectivity index (χ0v) is 11.0. The van der Waals surface area contributed by atoms with Crippen molar-refractivity contribution in [3.63, 3.8) is 0 Å². The second-order valence-corrected chi connectivity index (χ2v) is 4.59. The van der Waals surface area contributed by atoms with Gasteiger partial charge < -0.3 is 9.64 Å². The molecule has 0 spiro atoms. The van der Waals surface area contributed by atoms with Crippen LogP contribution in [-0.2, 0) is 14.3 Å². The van der Waals surface area contributed by atoms with Crippen LogP contribution in [0.15, 0.2) is 18.2 Å². The Kier molecular flexibility index (Phi) is 3.57. The number of ketones is 1. The van der Waals surface area contributed by atoms with Crippen LogP contribution in [0.3, 0.4) is 0 Å². The number of hydrogen-bond donors (Lipinski definition) is 0. The molecule has 0 radical (unpaired) electrons. The Morgan fingerprint density at radius 1 is 1.50 bits per heavy atom. The van der Waals surface area contributed by atoms with E-state index in [9.17, 15) is 9.59 Å². The van der Waals surface area contributed by atoms with E-state index in [1.165, 1.54) is 7.11 Å². The maximum atomic E-state index is 12.0. The summed E-state index contributed by atoms with van der Waals surface area (Å²) in [6.45, 7) is 3.28. The molecule has 0 amide bonds. The molecule has 0 saturated carbocycles. The summed E-state index contributed by atoms with van der Waals surface area (Å²) >= 11 is 5.95. The van der Waals surface area contributed by atoms with Gasteiger partial charge in [0.05, 0.1) is 13.0 Å². The molecule has 0 N–H and O–H groups in total. The second kappa shape index (κ2) is 4.98. The molecular weight excluding hydrogens is 254 g/mol. The lowest BCUT2D eigenvalue weighted by Crippen LogP contribution is -2.28. The Morgan fingerprint density at radius 3 is 2.83 bits per heavy atom. The zero-order valence-electron chi connectivity index (χ0n) is 10.3. The smallest absolute Gasteiger partial charge is 0.375 e. The maximum Gasteiger partial charge on any atom is 0.375 e. The minimum Gasteiger partial charge on any atom is -0.463 e. The fraction of sp³-hybridized carbons (Fsp3) is 0.385. The fourth-order valence-electron chi connectivity index (χ4n) is 2.28. The Labute approximate surface area is 110 Å². The molecule has 2 rings (SSSR count). The first-order valence-electron chi connectivity index (χ1n) is 5.75. The third-order valence-electron chi connectivity index (χ3n) is 3.19. The molecule has 1 atom stereocenters. The fourth-order valence-corrected chi connectivity index (χ4v) is 2.46. The Balaban J connectivity index is 2.40. The van der Waals surface area contributed by atoms with Crippen LogP contribution in [0, 0.1) is 0 Å². The standard InChI is InChI=1S/C13H14ClNO3/c1-3-15-7-10(12(16)13(17)18-2)9-6-8(14)4-5-11(9)15/h4-6,10H,3,7H2,1-2H3. The number of ether oxygens (including phenoxy) is 1. The average Bonchev–Trinajstić information content (AvgIpc) is 2.74. The topological polar surface area (TPSA) is 46.6 Å². The molecule has 0 aliphatic carbocycles. The highest BCUT2D eigenvalue weighted by Gasteiger charge is 2.36. The molecule has 0 bridgehead atoms. The van der Waals surface area contributed by atoms with Crippen LogP contribution in [-0.4, -0.2) is 32.0 Å². The molecule has 1 aromatic carbocycles. The number of esters is 1. The average molecular weight is 268 g/mol. The van der Waals surface area contributed by atoms with Crippen molar-refractivity contribution in [3.8, 4) is 0 Å². The summed E-state index contributed by atoms with van der Waals surface area (Å²) in [6.07, 6.45) is 0. The van der Waals surface area contributed by atoms with E-state index in [1.807, 2.05) is 13.0 Å². The predicted octanol–water partition coefficient (Wildman–Crippen LogP) is 2.01. The summed E-state index contributed by atoms with van der Waals surface area (Å²) in [5.74, 6) is -1.80. The lowest BCUT2D eigenvalue weighted by atomic mass is 9.97. The van der Waals surface area contributed by atoms with Crippen molar-refractivity contribution in [2.45, 2.75) is 12.8 Å². The van der Waals surface area contributed by atoms with Crippen molar-refractivity contribution in [2.24, 2.45) is 0 Å². The number of nitrogens with zero attached hydrogens (tertiary/aromatic N) is 1. The minimum atomic E-state index is -0.802. The van der Waals surface area contributed by atoms with Crippen molar-refractivity contribution in [1.82, 2.24) is 0 Å². The molecular formula is C13H14ClNO3. The van der Waals surface area contributed by atoms with Gasteiger partial charge in [0, 0.05) is 23.8 Å². The maximum absolute atomic E-state index is 12.0. The van der Waals surface area contributed by atoms with Crippen molar-refractivity contribution < 1.29 is 14.3 Å². The summed E-state index contributed by atoms with van der Waals surface area (Å²) in [7, 11) is 1.21. The van der Waals surface area contributed by atoms with Crippen LogP contribution in [0.5, 0.6) is 0 Å². The molecule has 0 aromatic heterocycles. The number of rotatable bonds is 3. The van der Waals surface area contributed by atoms with Crippen molar-refractivity contribution >= 4 is 29.0 Å². The van der Waals surface area contributed by atoms with Crippen molar-refractivity contribution in [1.29, 1.82) is 0 Å². The molecule has 1 aliphatic heterocycles. The van der Waals surface area contributed by atoms with Crippen molar-refractivity contribution in [2.75, 3.05) is 25.1 Å². The third kappa shape index (κ3) is 2.08. The van der Waals surface area contributed by atoms with Crippen LogP contribution in [0.25, 0.3) is 0 Å². The molecule has 1 aliphatic rings. The summed E-state index contributed by atoms with van der Waals surface area (Å²) in [4.78, 5) is 25.4. The molecule has 96 valence electrons. The van der Waals surface area contributed by atoms with E-state index in [0.29, 0.717) is 11.6 Å². The number of hydrogen-bond acceptors (Lipinski definition) is 4. The molecule has 1 heterocycles. The summed E-state index contributed by atoms with van der Waals surface area (Å²) in [6, 6.07) is 5.41. The van der Waals surface area contributed by atoms with Gasteiger partial charge in [0.25, 0.3) is 0 Å². The molecule has 0 fully saturated rings. The molecule has 4 nitrogen and oxygen atoms in total. The van der Waals surface area contributed by atoms with Gasteiger partial charge in [-0.1, -0.05) is 11.6 Å². The summed E-state index contributed by atoms with van der Waals surface area (Å²) < 4.78 is 4.50. The van der Waals surface area contributed by atoms with E-state index in [2.05, 4.69) is 9.64 Å². The first-order chi connectivity index (χ1) is 8.58. The SMILES string of the molecule is CCN1CC(C(=O)C(=O)OC)c2cc(Cl)ccc21. The highest BCUT2D eigenvalue weighted by atomic mass is 35.5. The van der Waals surface area contributed by atoms with Gasteiger partial charge in [0.1, 0.15) is 0 Å². The molecule has 18 heavy (non-hydrogen) atoms. The van der Waals surface area contributed by atoms with E-state index in [-0.39, 0.29) is 0 Å². The van der Waals surface area contributed by atoms with Gasteiger partial charge in [-0.15, -0.1) is 0 Å². The zero-order chi connectivity index (χ0) is 13.3. The number of halogens is 1. The van der Waals surface area contributed by atoms with Crippen molar-refractivity contribution in [3.05, 3.63) is 28.8 Å². The second-order valence-electron chi connectivity index (χ2n) is 4.15. The van der Waals surface area contributed by atoms with Gasteiger partial charge in [-0.2, -0.15) is 0 Å². The lowest BCUT2D eigenvalue weighted by molar-refractivity contribution is -0.152. The summed E-state index contributed by atoms with van der Waals surface area (Å²) in [5.41, 5.74) is 1.77. The van der Waals surface area contributed by atoms with E-state index >= 15 is 0 Å². The van der Waals surface area contributed by atoms with E-state index in [1.54, 1.807) is 12.1 Å². The Hall–Kier alpha value is -1.55. The van der Waals surface area contributed by atoms with Gasteiger partial charge in [0.15, 0.2) is 0 Å². The first kappa shape index (κ1) is 12.9. The lowest BCUT2D eigenvalue weighted by Gasteiger charge is -2.16. The molecule has 5 heteroatoms. The van der Waals surface area contributed by atoms with Gasteiger partial charge in [-0.05, 0) is 30.7 Å². The van der Waals surface area contributed by atoms with Crippen LogP contribution in [0.4, 0.5) is 5.69 Å². The van der Waals surface area contributed by atoms with Crippen LogP contribution < -0.4 is 4.90 Å². The number of carbonyl (C=O) groups is 2. The monoisotopic (exact) mass is 267 g/mol. The quantitative estimate of drug-likeness (QED) is 0.621.